The van der Waals surface area contributed by atoms with Crippen LogP contribution in [0.15, 0.2) is 24.3 Å². The second kappa shape index (κ2) is 8.18. The third kappa shape index (κ3) is 3.59. The Bertz CT molecular complexity index is 630. The number of fused-ring (bicyclic) bond motifs is 2. The van der Waals surface area contributed by atoms with Crippen molar-refractivity contribution < 1.29 is 9.53 Å². The minimum absolute atomic E-state index is 0. The van der Waals surface area contributed by atoms with E-state index in [1.54, 1.807) is 7.11 Å². The number of methoxy groups -OCH3 is 1. The number of carbonyl (C=O) groups excluding carboxylic acids is 1. The first-order valence-corrected chi connectivity index (χ1v) is 9.84. The molecule has 1 aromatic rings. The molecule has 3 unspecified atom stereocenters. The highest BCUT2D eigenvalue weighted by atomic mass is 35.5. The van der Waals surface area contributed by atoms with Gasteiger partial charge in [-0.05, 0) is 68.2 Å². The van der Waals surface area contributed by atoms with Crippen molar-refractivity contribution in [1.82, 2.24) is 10.2 Å². The van der Waals surface area contributed by atoms with Crippen LogP contribution in [-0.4, -0.2) is 44.1 Å². The molecule has 4 nitrogen and oxygen atoms in total. The number of hydrogen-bond donors (Lipinski definition) is 1. The van der Waals surface area contributed by atoms with Gasteiger partial charge in [0.05, 0.1) is 12.5 Å². The predicted octanol–water partition coefficient (Wildman–Crippen LogP) is 3.29. The van der Waals surface area contributed by atoms with Crippen LogP contribution in [0.5, 0.6) is 5.75 Å². The first-order chi connectivity index (χ1) is 12.2. The van der Waals surface area contributed by atoms with Gasteiger partial charge in [0.15, 0.2) is 0 Å². The Balaban J connectivity index is 0.00000196. The Morgan fingerprint density at radius 3 is 2.92 bits per heavy atom. The van der Waals surface area contributed by atoms with Crippen molar-refractivity contribution in [2.45, 2.75) is 38.5 Å². The predicted molar refractivity (Wildman–Crippen MR) is 106 cm³/mol. The van der Waals surface area contributed by atoms with Gasteiger partial charge in [-0.1, -0.05) is 18.6 Å². The highest BCUT2D eigenvalue weighted by Crippen LogP contribution is 2.58. The molecule has 0 spiro atoms. The highest BCUT2D eigenvalue weighted by Gasteiger charge is 2.56. The summed E-state index contributed by atoms with van der Waals surface area (Å²) in [6.45, 7) is 3.72. The molecule has 0 aromatic heterocycles. The second-order valence-electron chi connectivity index (χ2n) is 8.16. The van der Waals surface area contributed by atoms with Gasteiger partial charge < -0.3 is 15.0 Å². The maximum atomic E-state index is 13.7. The van der Waals surface area contributed by atoms with Crippen LogP contribution in [0.1, 0.15) is 37.7 Å². The van der Waals surface area contributed by atoms with Gasteiger partial charge in [-0.25, -0.2) is 0 Å². The van der Waals surface area contributed by atoms with Crippen LogP contribution in [0, 0.1) is 17.3 Å². The van der Waals surface area contributed by atoms with E-state index in [9.17, 15) is 4.79 Å². The summed E-state index contributed by atoms with van der Waals surface area (Å²) in [5.41, 5.74) is 1.06. The molecule has 1 heterocycles. The number of benzene rings is 1. The molecule has 5 heteroatoms. The van der Waals surface area contributed by atoms with Crippen LogP contribution >= 0.6 is 12.4 Å². The molecule has 2 bridgehead atoms. The van der Waals surface area contributed by atoms with Crippen molar-refractivity contribution in [1.29, 1.82) is 0 Å². The number of rotatable bonds is 4. The molecule has 1 N–H and O–H groups in total. The van der Waals surface area contributed by atoms with Gasteiger partial charge in [0, 0.05) is 19.6 Å². The van der Waals surface area contributed by atoms with E-state index in [1.165, 1.54) is 24.8 Å². The Kier molecular flexibility index (Phi) is 6.13. The molecule has 1 saturated heterocycles. The quantitative estimate of drug-likeness (QED) is 0.874. The maximum absolute atomic E-state index is 13.7. The van der Waals surface area contributed by atoms with Crippen LogP contribution < -0.4 is 10.1 Å². The number of halogens is 1. The smallest absolute Gasteiger partial charge is 0.229 e. The summed E-state index contributed by atoms with van der Waals surface area (Å²) in [7, 11) is 1.71. The second-order valence-corrected chi connectivity index (χ2v) is 8.16. The summed E-state index contributed by atoms with van der Waals surface area (Å²) in [5.74, 6) is 2.63. The van der Waals surface area contributed by atoms with Crippen molar-refractivity contribution in [2.75, 3.05) is 33.3 Å². The number of amides is 1. The first-order valence-electron chi connectivity index (χ1n) is 9.84. The summed E-state index contributed by atoms with van der Waals surface area (Å²) in [6, 6.07) is 8.31. The van der Waals surface area contributed by atoms with E-state index in [0.717, 1.165) is 57.1 Å². The SMILES string of the molecule is COc1cccc(CC2(C(=O)N3CCCNCC3)CC3CCC2C3)c1.Cl. The zero-order chi connectivity index (χ0) is 17.3. The third-order valence-electron chi connectivity index (χ3n) is 6.68. The zero-order valence-corrected chi connectivity index (χ0v) is 16.5. The topological polar surface area (TPSA) is 41.6 Å². The molecular formula is C21H31ClN2O2. The molecule has 144 valence electrons. The van der Waals surface area contributed by atoms with Crippen molar-refractivity contribution in [3.05, 3.63) is 29.8 Å². The third-order valence-corrected chi connectivity index (χ3v) is 6.68. The van der Waals surface area contributed by atoms with Crippen molar-refractivity contribution in [3.63, 3.8) is 0 Å². The standard InChI is InChI=1S/C21H30N2O2.ClH/c1-25-19-5-2-4-16(13-19)14-21(15-17-6-7-18(21)12-17)20(24)23-10-3-8-22-9-11-23;/h2,4-5,13,17-18,22H,3,6-12,14-15H2,1H3;1H. The van der Waals surface area contributed by atoms with Gasteiger partial charge in [0.2, 0.25) is 5.91 Å². The molecule has 1 amide bonds. The average molecular weight is 379 g/mol. The lowest BCUT2D eigenvalue weighted by Gasteiger charge is -2.40. The largest absolute Gasteiger partial charge is 0.497 e. The van der Waals surface area contributed by atoms with E-state index < -0.39 is 0 Å². The van der Waals surface area contributed by atoms with Crippen molar-refractivity contribution in [2.24, 2.45) is 17.3 Å². The maximum Gasteiger partial charge on any atom is 0.229 e. The lowest BCUT2D eigenvalue weighted by molar-refractivity contribution is -0.145. The Morgan fingerprint density at radius 1 is 1.31 bits per heavy atom. The molecule has 3 fully saturated rings. The Labute approximate surface area is 163 Å². The van der Waals surface area contributed by atoms with E-state index in [1.807, 2.05) is 6.07 Å². The average Bonchev–Trinajstić information content (AvgIpc) is 3.13. The van der Waals surface area contributed by atoms with Crippen LogP contribution in [0.3, 0.4) is 0 Å². The van der Waals surface area contributed by atoms with Crippen LogP contribution in [0.4, 0.5) is 0 Å². The van der Waals surface area contributed by atoms with Gasteiger partial charge in [-0.15, -0.1) is 12.4 Å². The summed E-state index contributed by atoms with van der Waals surface area (Å²) in [5, 5.41) is 3.42. The van der Waals surface area contributed by atoms with E-state index in [-0.39, 0.29) is 17.8 Å². The van der Waals surface area contributed by atoms with Gasteiger partial charge in [-0.2, -0.15) is 0 Å². The fourth-order valence-electron chi connectivity index (χ4n) is 5.51. The number of ether oxygens (including phenoxy) is 1. The lowest BCUT2D eigenvalue weighted by atomic mass is 9.68. The van der Waals surface area contributed by atoms with Gasteiger partial charge in [0.1, 0.15) is 5.75 Å². The van der Waals surface area contributed by atoms with Gasteiger partial charge >= 0.3 is 0 Å². The van der Waals surface area contributed by atoms with Gasteiger partial charge in [-0.3, -0.25) is 4.79 Å². The molecule has 3 atom stereocenters. The molecule has 2 saturated carbocycles. The number of hydrogen-bond acceptors (Lipinski definition) is 3. The fourth-order valence-corrected chi connectivity index (χ4v) is 5.51. The Hall–Kier alpha value is -1.26. The molecule has 3 aliphatic rings. The van der Waals surface area contributed by atoms with Crippen molar-refractivity contribution >= 4 is 18.3 Å². The van der Waals surface area contributed by atoms with E-state index >= 15 is 0 Å². The van der Waals surface area contributed by atoms with Crippen molar-refractivity contribution in [3.8, 4) is 5.75 Å². The van der Waals surface area contributed by atoms with Crippen LogP contribution in [0.25, 0.3) is 0 Å². The molecular weight excluding hydrogens is 348 g/mol. The first kappa shape index (κ1) is 19.5. The molecule has 26 heavy (non-hydrogen) atoms. The van der Waals surface area contributed by atoms with Crippen LogP contribution in [-0.2, 0) is 11.2 Å². The summed E-state index contributed by atoms with van der Waals surface area (Å²) in [4.78, 5) is 15.8. The summed E-state index contributed by atoms with van der Waals surface area (Å²) >= 11 is 0. The fraction of sp³-hybridized carbons (Fsp3) is 0.667. The monoisotopic (exact) mass is 378 g/mol. The number of nitrogens with one attached hydrogen (secondary N) is 1. The minimum Gasteiger partial charge on any atom is -0.497 e. The van der Waals surface area contributed by atoms with E-state index in [4.69, 9.17) is 4.74 Å². The number of carbonyl (C=O) groups is 1. The normalized spacial score (nSPS) is 30.6. The summed E-state index contributed by atoms with van der Waals surface area (Å²) in [6.07, 6.45) is 6.81. The van der Waals surface area contributed by atoms with E-state index in [2.05, 4.69) is 28.4 Å². The minimum atomic E-state index is -0.181. The lowest BCUT2D eigenvalue weighted by Crippen LogP contribution is -2.49. The van der Waals surface area contributed by atoms with E-state index in [0.29, 0.717) is 11.8 Å². The highest BCUT2D eigenvalue weighted by molar-refractivity contribution is 5.85. The molecule has 1 aromatic carbocycles. The van der Waals surface area contributed by atoms with Gasteiger partial charge in [0.25, 0.3) is 0 Å². The molecule has 4 rings (SSSR count). The Morgan fingerprint density at radius 2 is 2.19 bits per heavy atom. The number of nitrogens with zero attached hydrogens (tertiary/aromatic N) is 1. The molecule has 0 radical (unpaired) electrons. The zero-order valence-electron chi connectivity index (χ0n) is 15.7. The van der Waals surface area contributed by atoms with Crippen LogP contribution in [0.2, 0.25) is 0 Å². The molecule has 1 aliphatic heterocycles. The molecule has 2 aliphatic carbocycles. The summed E-state index contributed by atoms with van der Waals surface area (Å²) < 4.78 is 5.40.